The Morgan fingerprint density at radius 2 is 2.06 bits per heavy atom. The summed E-state index contributed by atoms with van der Waals surface area (Å²) in [7, 11) is 0. The van der Waals surface area contributed by atoms with Gasteiger partial charge in [0.05, 0.1) is 0 Å². The lowest BCUT2D eigenvalue weighted by molar-refractivity contribution is 0.145. The Bertz CT molecular complexity index is 241. The fourth-order valence-electron chi connectivity index (χ4n) is 3.88. The van der Waals surface area contributed by atoms with E-state index in [1.54, 1.807) is 0 Å². The normalized spacial score (nSPS) is 36.5. The van der Waals surface area contributed by atoms with Gasteiger partial charge in [0.1, 0.15) is 0 Å². The highest BCUT2D eigenvalue weighted by molar-refractivity contribution is 4.84. The van der Waals surface area contributed by atoms with E-state index in [0.29, 0.717) is 6.04 Å². The molecule has 2 fully saturated rings. The molecule has 4 atom stereocenters. The average molecular weight is 252 g/mol. The predicted octanol–water partition coefficient (Wildman–Crippen LogP) is 3.28. The number of nitrogens with zero attached hydrogens (tertiary/aromatic N) is 1. The molecule has 1 aliphatic heterocycles. The smallest absolute Gasteiger partial charge is 0.00818 e. The lowest BCUT2D eigenvalue weighted by Gasteiger charge is -2.38. The minimum atomic E-state index is 0.703. The van der Waals surface area contributed by atoms with Crippen LogP contribution in [0.15, 0.2) is 0 Å². The zero-order chi connectivity index (χ0) is 13.0. The van der Waals surface area contributed by atoms with E-state index in [0.717, 1.165) is 17.9 Å². The van der Waals surface area contributed by atoms with Crippen LogP contribution in [0.1, 0.15) is 59.3 Å². The average Bonchev–Trinajstić information content (AvgIpc) is 2.39. The van der Waals surface area contributed by atoms with Crippen molar-refractivity contribution in [1.82, 2.24) is 10.2 Å². The molecule has 106 valence electrons. The Kier molecular flexibility index (Phi) is 5.50. The fraction of sp³-hybridized carbons (Fsp3) is 1.00. The molecule has 2 heteroatoms. The Labute approximate surface area is 114 Å². The highest BCUT2D eigenvalue weighted by Gasteiger charge is 2.27. The van der Waals surface area contributed by atoms with Gasteiger partial charge in [-0.2, -0.15) is 0 Å². The maximum Gasteiger partial charge on any atom is 0.00818 e. The van der Waals surface area contributed by atoms with E-state index in [1.807, 2.05) is 0 Å². The Morgan fingerprint density at radius 1 is 1.22 bits per heavy atom. The summed E-state index contributed by atoms with van der Waals surface area (Å²) in [5.74, 6) is 1.80. The van der Waals surface area contributed by atoms with Gasteiger partial charge in [-0.3, -0.25) is 0 Å². The largest absolute Gasteiger partial charge is 0.311 e. The number of nitrogens with one attached hydrogen (secondary N) is 1. The van der Waals surface area contributed by atoms with Crippen molar-refractivity contribution < 1.29 is 0 Å². The third-order valence-electron chi connectivity index (χ3n) is 5.13. The summed E-state index contributed by atoms with van der Waals surface area (Å²) >= 11 is 0. The molecule has 2 rings (SSSR count). The van der Waals surface area contributed by atoms with Crippen LogP contribution in [0.5, 0.6) is 0 Å². The molecule has 2 aliphatic rings. The summed E-state index contributed by atoms with van der Waals surface area (Å²) in [4.78, 5) is 2.62. The number of hydrogen-bond donors (Lipinski definition) is 1. The van der Waals surface area contributed by atoms with Crippen molar-refractivity contribution in [2.75, 3.05) is 19.6 Å². The van der Waals surface area contributed by atoms with Crippen molar-refractivity contribution in [3.05, 3.63) is 0 Å². The summed E-state index contributed by atoms with van der Waals surface area (Å²) < 4.78 is 0. The molecule has 1 saturated carbocycles. The standard InChI is InChI=1S/C16H32N2/c1-4-18-10-6-8-15(12-18)14(3)17-16-9-5-7-13(2)11-16/h13-17H,4-12H2,1-3H3. The molecule has 0 aromatic carbocycles. The first-order valence-corrected chi connectivity index (χ1v) is 8.17. The summed E-state index contributed by atoms with van der Waals surface area (Å²) in [6, 6.07) is 1.50. The molecule has 0 amide bonds. The van der Waals surface area contributed by atoms with Crippen molar-refractivity contribution in [2.24, 2.45) is 11.8 Å². The first-order chi connectivity index (χ1) is 8.69. The number of hydrogen-bond acceptors (Lipinski definition) is 2. The zero-order valence-corrected chi connectivity index (χ0v) is 12.6. The molecule has 1 saturated heterocycles. The molecular formula is C16H32N2. The van der Waals surface area contributed by atoms with Crippen LogP contribution in [-0.2, 0) is 0 Å². The van der Waals surface area contributed by atoms with Crippen molar-refractivity contribution in [3.63, 3.8) is 0 Å². The Balaban J connectivity index is 1.77. The molecule has 18 heavy (non-hydrogen) atoms. The summed E-state index contributed by atoms with van der Waals surface area (Å²) in [6.07, 6.45) is 8.49. The van der Waals surface area contributed by atoms with Gasteiger partial charge in [0.2, 0.25) is 0 Å². The van der Waals surface area contributed by atoms with E-state index in [4.69, 9.17) is 0 Å². The highest BCUT2D eigenvalue weighted by atomic mass is 15.1. The van der Waals surface area contributed by atoms with Crippen LogP contribution in [0, 0.1) is 11.8 Å². The summed E-state index contributed by atoms with van der Waals surface area (Å²) in [5, 5.41) is 3.94. The maximum absolute atomic E-state index is 3.94. The Hall–Kier alpha value is -0.0800. The van der Waals surface area contributed by atoms with E-state index in [2.05, 4.69) is 31.0 Å². The van der Waals surface area contributed by atoms with Crippen LogP contribution >= 0.6 is 0 Å². The van der Waals surface area contributed by atoms with Gasteiger partial charge in [-0.25, -0.2) is 0 Å². The summed E-state index contributed by atoms with van der Waals surface area (Å²) in [5.41, 5.74) is 0. The molecule has 2 nitrogen and oxygen atoms in total. The van der Waals surface area contributed by atoms with E-state index < -0.39 is 0 Å². The molecule has 4 unspecified atom stereocenters. The third-order valence-corrected chi connectivity index (χ3v) is 5.13. The molecule has 0 aromatic heterocycles. The second-order valence-electron chi connectivity index (χ2n) is 6.72. The number of rotatable bonds is 4. The summed E-state index contributed by atoms with van der Waals surface area (Å²) in [6.45, 7) is 11.0. The monoisotopic (exact) mass is 252 g/mol. The maximum atomic E-state index is 3.94. The lowest BCUT2D eigenvalue weighted by Crippen LogP contribution is -2.48. The first-order valence-electron chi connectivity index (χ1n) is 8.17. The van der Waals surface area contributed by atoms with Crippen LogP contribution in [0.4, 0.5) is 0 Å². The highest BCUT2D eigenvalue weighted by Crippen LogP contribution is 2.26. The minimum Gasteiger partial charge on any atom is -0.311 e. The van der Waals surface area contributed by atoms with Crippen LogP contribution < -0.4 is 5.32 Å². The number of likely N-dealkylation sites (tertiary alicyclic amines) is 1. The van der Waals surface area contributed by atoms with Gasteiger partial charge < -0.3 is 10.2 Å². The van der Waals surface area contributed by atoms with E-state index in [9.17, 15) is 0 Å². The molecule has 0 bridgehead atoms. The van der Waals surface area contributed by atoms with Crippen LogP contribution in [0.3, 0.4) is 0 Å². The van der Waals surface area contributed by atoms with Crippen molar-refractivity contribution in [1.29, 1.82) is 0 Å². The van der Waals surface area contributed by atoms with Gasteiger partial charge in [-0.15, -0.1) is 0 Å². The van der Waals surface area contributed by atoms with Crippen molar-refractivity contribution >= 4 is 0 Å². The molecule has 1 aliphatic carbocycles. The predicted molar refractivity (Wildman–Crippen MR) is 78.9 cm³/mol. The fourth-order valence-corrected chi connectivity index (χ4v) is 3.88. The number of piperidine rings is 1. The van der Waals surface area contributed by atoms with Crippen LogP contribution in [0.25, 0.3) is 0 Å². The van der Waals surface area contributed by atoms with Gasteiger partial charge in [-0.1, -0.05) is 26.7 Å². The van der Waals surface area contributed by atoms with E-state index >= 15 is 0 Å². The molecule has 0 radical (unpaired) electrons. The van der Waals surface area contributed by atoms with Crippen LogP contribution in [-0.4, -0.2) is 36.6 Å². The molecule has 0 spiro atoms. The second kappa shape index (κ2) is 6.91. The zero-order valence-electron chi connectivity index (χ0n) is 12.6. The van der Waals surface area contributed by atoms with Gasteiger partial charge in [0.15, 0.2) is 0 Å². The third kappa shape index (κ3) is 3.96. The second-order valence-corrected chi connectivity index (χ2v) is 6.72. The molecule has 1 heterocycles. The van der Waals surface area contributed by atoms with Crippen LogP contribution in [0.2, 0.25) is 0 Å². The van der Waals surface area contributed by atoms with E-state index in [-0.39, 0.29) is 0 Å². The Morgan fingerprint density at radius 3 is 2.78 bits per heavy atom. The van der Waals surface area contributed by atoms with Gasteiger partial charge in [-0.05, 0) is 57.5 Å². The topological polar surface area (TPSA) is 15.3 Å². The minimum absolute atomic E-state index is 0.703. The van der Waals surface area contributed by atoms with E-state index in [1.165, 1.54) is 58.2 Å². The quantitative estimate of drug-likeness (QED) is 0.826. The van der Waals surface area contributed by atoms with Gasteiger partial charge in [0.25, 0.3) is 0 Å². The van der Waals surface area contributed by atoms with Crippen molar-refractivity contribution in [3.8, 4) is 0 Å². The first kappa shape index (κ1) is 14.3. The van der Waals surface area contributed by atoms with Gasteiger partial charge in [0, 0.05) is 18.6 Å². The molecular weight excluding hydrogens is 220 g/mol. The van der Waals surface area contributed by atoms with Gasteiger partial charge >= 0.3 is 0 Å². The molecule has 1 N–H and O–H groups in total. The SMILES string of the molecule is CCN1CCCC(C(C)NC2CCCC(C)C2)C1. The molecule has 0 aromatic rings. The van der Waals surface area contributed by atoms with Crippen molar-refractivity contribution in [2.45, 2.75) is 71.4 Å². The lowest BCUT2D eigenvalue weighted by atomic mass is 9.85.